The van der Waals surface area contributed by atoms with Crippen LogP contribution in [0.3, 0.4) is 0 Å². The lowest BCUT2D eigenvalue weighted by Gasteiger charge is -2.45. The molecule has 0 aliphatic heterocycles. The molecule has 1 aromatic rings. The van der Waals surface area contributed by atoms with E-state index in [0.717, 1.165) is 0 Å². The lowest BCUT2D eigenvalue weighted by atomic mass is 9.60. The number of aliphatic hydroxyl groups excluding tert-OH is 2. The van der Waals surface area contributed by atoms with Crippen molar-refractivity contribution in [1.82, 2.24) is 5.48 Å². The number of rotatable bonds is 3. The molecule has 164 valence electrons. The molecule has 4 atom stereocenters. The highest BCUT2D eigenvalue weighted by Crippen LogP contribution is 2.51. The van der Waals surface area contributed by atoms with E-state index in [-0.39, 0.29) is 36.1 Å². The molecular formula is C21H22N2O8. The van der Waals surface area contributed by atoms with E-state index in [0.29, 0.717) is 11.1 Å². The number of phenols is 1. The number of amides is 1. The van der Waals surface area contributed by atoms with Gasteiger partial charge in [-0.05, 0) is 42.9 Å². The lowest BCUT2D eigenvalue weighted by Crippen LogP contribution is -2.57. The highest BCUT2D eigenvalue weighted by molar-refractivity contribution is 6.24. The van der Waals surface area contributed by atoms with Crippen LogP contribution in [0, 0.1) is 11.8 Å². The molecule has 8 N–H and O–H groups in total. The number of nitrogens with one attached hydrogen (secondary N) is 1. The van der Waals surface area contributed by atoms with Crippen molar-refractivity contribution in [2.75, 3.05) is 0 Å². The first-order valence-electron chi connectivity index (χ1n) is 9.75. The van der Waals surface area contributed by atoms with E-state index in [2.05, 4.69) is 5.48 Å². The second-order valence-corrected chi connectivity index (χ2v) is 8.29. The molecule has 0 radical (unpaired) electrons. The number of phenolic OH excluding ortho intramolecular Hbond substituents is 1. The van der Waals surface area contributed by atoms with Crippen molar-refractivity contribution in [2.24, 2.45) is 17.6 Å². The van der Waals surface area contributed by atoms with E-state index in [1.54, 1.807) is 13.0 Å². The first-order chi connectivity index (χ1) is 14.5. The Bertz CT molecular complexity index is 1100. The summed E-state index contributed by atoms with van der Waals surface area (Å²) < 4.78 is 0. The summed E-state index contributed by atoms with van der Waals surface area (Å²) in [6.07, 6.45) is -0.0417. The molecule has 10 heteroatoms. The fraction of sp³-hybridized carbons (Fsp3) is 0.381. The van der Waals surface area contributed by atoms with E-state index in [4.69, 9.17) is 5.73 Å². The van der Waals surface area contributed by atoms with Crippen molar-refractivity contribution in [1.29, 1.82) is 0 Å². The first-order valence-corrected chi connectivity index (χ1v) is 9.75. The lowest BCUT2D eigenvalue weighted by molar-refractivity contribution is -0.144. The third-order valence-electron chi connectivity index (χ3n) is 6.64. The fourth-order valence-electron chi connectivity index (χ4n) is 5.12. The van der Waals surface area contributed by atoms with Crippen LogP contribution in [0.4, 0.5) is 0 Å². The number of Topliss-reactive ketones (excluding diaryl/α,β-unsaturated/α-hetero) is 2. The fourth-order valence-corrected chi connectivity index (χ4v) is 5.12. The summed E-state index contributed by atoms with van der Waals surface area (Å²) in [4.78, 5) is 37.8. The maximum atomic E-state index is 13.3. The number of hydrogen-bond donors (Lipinski definition) is 7. The average molecular weight is 430 g/mol. The van der Waals surface area contributed by atoms with Crippen LogP contribution in [0.1, 0.15) is 47.3 Å². The van der Waals surface area contributed by atoms with Gasteiger partial charge in [-0.25, -0.2) is 0 Å². The summed E-state index contributed by atoms with van der Waals surface area (Å²) in [6.45, 7) is 1.66. The van der Waals surface area contributed by atoms with E-state index in [9.17, 15) is 40.0 Å². The summed E-state index contributed by atoms with van der Waals surface area (Å²) in [6, 6.07) is 2.31. The number of carbonyl (C=O) groups excluding carboxylic acids is 3. The second kappa shape index (κ2) is 6.91. The van der Waals surface area contributed by atoms with Crippen LogP contribution in [-0.4, -0.2) is 48.7 Å². The highest BCUT2D eigenvalue weighted by Gasteiger charge is 2.59. The van der Waals surface area contributed by atoms with Crippen molar-refractivity contribution in [3.05, 3.63) is 51.5 Å². The number of hydroxylamine groups is 1. The summed E-state index contributed by atoms with van der Waals surface area (Å²) >= 11 is 0. The zero-order valence-corrected chi connectivity index (χ0v) is 16.5. The molecule has 0 saturated heterocycles. The zero-order chi connectivity index (χ0) is 22.8. The van der Waals surface area contributed by atoms with Crippen molar-refractivity contribution < 1.29 is 40.0 Å². The Morgan fingerprint density at radius 3 is 2.52 bits per heavy atom. The minimum Gasteiger partial charge on any atom is -0.511 e. The molecule has 1 aromatic carbocycles. The standard InChI is InChI=1S/C21H22N2O8/c1-7(23-31)10-2-3-12(24)15-11(10)5-8-4-9-6-13(25)16(20(22)29)19(28)21(9,30)18(27)14(8)17(15)26/h2-3,7-9,23-25,27,30-31H,4-6H2,1H3,(H2,22,29)/t7?,8-,9+,21+/m1/s1. The van der Waals surface area contributed by atoms with Crippen molar-refractivity contribution >= 4 is 17.5 Å². The number of primary amides is 1. The maximum Gasteiger partial charge on any atom is 0.255 e. The van der Waals surface area contributed by atoms with E-state index in [1.165, 1.54) is 6.07 Å². The molecule has 0 spiro atoms. The Morgan fingerprint density at radius 1 is 1.23 bits per heavy atom. The average Bonchev–Trinajstić information content (AvgIpc) is 2.70. The van der Waals surface area contributed by atoms with Gasteiger partial charge in [0.15, 0.2) is 11.4 Å². The SMILES string of the molecule is CC(NO)c1ccc(O)c2c1C[C@H]1C[C@H]3CC(O)=C(C(N)=O)C(=O)[C@@]3(O)C(O)=C1C2=O. The summed E-state index contributed by atoms with van der Waals surface area (Å²) in [5.74, 6) is -6.66. The van der Waals surface area contributed by atoms with Gasteiger partial charge in [0.2, 0.25) is 5.78 Å². The number of aromatic hydroxyl groups is 1. The topological polar surface area (TPSA) is 190 Å². The number of benzene rings is 1. The third kappa shape index (κ3) is 2.72. The van der Waals surface area contributed by atoms with Crippen LogP contribution in [0.25, 0.3) is 0 Å². The summed E-state index contributed by atoms with van der Waals surface area (Å²) in [5, 5.41) is 51.9. The molecule has 1 unspecified atom stereocenters. The maximum absolute atomic E-state index is 13.3. The largest absolute Gasteiger partial charge is 0.511 e. The molecule has 10 nitrogen and oxygen atoms in total. The first kappa shape index (κ1) is 21.0. The van der Waals surface area contributed by atoms with Gasteiger partial charge in [-0.2, -0.15) is 5.48 Å². The van der Waals surface area contributed by atoms with Crippen molar-refractivity contribution in [2.45, 2.75) is 37.8 Å². The molecule has 0 fully saturated rings. The molecule has 0 bridgehead atoms. The van der Waals surface area contributed by atoms with E-state index >= 15 is 0 Å². The Balaban J connectivity index is 1.91. The number of nitrogens with two attached hydrogens (primary N) is 1. The van der Waals surface area contributed by atoms with Gasteiger partial charge in [0.05, 0.1) is 11.6 Å². The third-order valence-corrected chi connectivity index (χ3v) is 6.64. The quantitative estimate of drug-likeness (QED) is 0.266. The molecule has 4 rings (SSSR count). The van der Waals surface area contributed by atoms with Crippen LogP contribution in [0.2, 0.25) is 0 Å². The van der Waals surface area contributed by atoms with Crippen molar-refractivity contribution in [3.8, 4) is 5.75 Å². The van der Waals surface area contributed by atoms with Gasteiger partial charge in [0.25, 0.3) is 5.91 Å². The molecule has 31 heavy (non-hydrogen) atoms. The molecule has 3 aliphatic carbocycles. The Kier molecular flexibility index (Phi) is 4.69. The van der Waals surface area contributed by atoms with Crippen molar-refractivity contribution in [3.63, 3.8) is 0 Å². The number of aliphatic hydroxyl groups is 3. The summed E-state index contributed by atoms with van der Waals surface area (Å²) in [7, 11) is 0. The van der Waals surface area contributed by atoms with Gasteiger partial charge >= 0.3 is 0 Å². The van der Waals surface area contributed by atoms with Crippen LogP contribution in [0.5, 0.6) is 5.75 Å². The van der Waals surface area contributed by atoms with Crippen LogP contribution in [0.15, 0.2) is 34.8 Å². The number of allylic oxidation sites excluding steroid dienone is 2. The molecular weight excluding hydrogens is 408 g/mol. The second-order valence-electron chi connectivity index (χ2n) is 8.29. The Morgan fingerprint density at radius 2 is 1.90 bits per heavy atom. The zero-order valence-electron chi connectivity index (χ0n) is 16.5. The number of ketones is 2. The number of fused-ring (bicyclic) bond motifs is 3. The predicted molar refractivity (Wildman–Crippen MR) is 104 cm³/mol. The molecule has 1 amide bonds. The van der Waals surface area contributed by atoms with Gasteiger partial charge in [-0.3, -0.25) is 14.4 Å². The molecule has 0 saturated carbocycles. The van der Waals surface area contributed by atoms with Gasteiger partial charge in [-0.15, -0.1) is 0 Å². The minimum atomic E-state index is -2.58. The monoisotopic (exact) mass is 430 g/mol. The van der Waals surface area contributed by atoms with Crippen LogP contribution >= 0.6 is 0 Å². The molecule has 0 aromatic heterocycles. The van der Waals surface area contributed by atoms with Crippen LogP contribution in [-0.2, 0) is 16.0 Å². The Labute approximate surface area is 176 Å². The normalized spacial score (nSPS) is 28.7. The van der Waals surface area contributed by atoms with E-state index < -0.39 is 58.0 Å². The van der Waals surface area contributed by atoms with Gasteiger partial charge in [0.1, 0.15) is 22.8 Å². The van der Waals surface area contributed by atoms with Gasteiger partial charge < -0.3 is 31.4 Å². The minimum absolute atomic E-state index is 0.0545. The van der Waals surface area contributed by atoms with Gasteiger partial charge in [0, 0.05) is 17.9 Å². The predicted octanol–water partition coefficient (Wildman–Crippen LogP) is 0.620. The highest BCUT2D eigenvalue weighted by atomic mass is 16.5. The summed E-state index contributed by atoms with van der Waals surface area (Å²) in [5.41, 5.74) is 4.62. The smallest absolute Gasteiger partial charge is 0.255 e. The number of hydrogen-bond acceptors (Lipinski definition) is 9. The Hall–Kier alpha value is -3.21. The number of carbonyl (C=O) groups is 3. The molecule has 3 aliphatic rings. The van der Waals surface area contributed by atoms with Gasteiger partial charge in [-0.1, -0.05) is 6.07 Å². The molecule has 0 heterocycles. The van der Waals surface area contributed by atoms with Crippen LogP contribution < -0.4 is 11.2 Å². The van der Waals surface area contributed by atoms with E-state index in [1.807, 2.05) is 0 Å².